The minimum absolute atomic E-state index is 0.0336. The molecule has 2 saturated heterocycles. The van der Waals surface area contributed by atoms with Crippen LogP contribution in [-0.2, 0) is 14.8 Å². The number of hydrogen-bond acceptors (Lipinski definition) is 6. The normalized spacial score (nSPS) is 20.1. The number of rotatable bonds is 4. The topological polar surface area (TPSA) is 73.8 Å². The van der Waals surface area contributed by atoms with Crippen molar-refractivity contribution in [1.82, 2.24) is 14.2 Å². The quantitative estimate of drug-likeness (QED) is 0.543. The van der Waals surface area contributed by atoms with Gasteiger partial charge in [0, 0.05) is 39.3 Å². The molecule has 0 aliphatic carbocycles. The number of aromatic nitrogens is 1. The number of amides is 1. The van der Waals surface area contributed by atoms with Gasteiger partial charge in [-0.25, -0.2) is 22.2 Å². The zero-order valence-electron chi connectivity index (χ0n) is 18.4. The fourth-order valence-corrected chi connectivity index (χ4v) is 7.08. The molecule has 2 aliphatic rings. The summed E-state index contributed by atoms with van der Waals surface area (Å²) in [5, 5.41) is 0.807. The summed E-state index contributed by atoms with van der Waals surface area (Å²) in [6.45, 7) is 2.73. The van der Waals surface area contributed by atoms with Crippen LogP contribution in [-0.4, -0.2) is 67.8 Å². The molecule has 2 fully saturated rings. The number of benzene rings is 2. The van der Waals surface area contributed by atoms with Gasteiger partial charge in [0.25, 0.3) is 0 Å². The van der Waals surface area contributed by atoms with Gasteiger partial charge in [-0.15, -0.1) is 0 Å². The van der Waals surface area contributed by atoms with Crippen molar-refractivity contribution >= 4 is 42.6 Å². The minimum atomic E-state index is -3.78. The Labute approximate surface area is 200 Å². The van der Waals surface area contributed by atoms with E-state index in [1.807, 2.05) is 0 Å². The molecule has 1 amide bonds. The van der Waals surface area contributed by atoms with Crippen LogP contribution in [0.15, 0.2) is 47.4 Å². The number of anilines is 1. The standard InChI is InChI=1S/C23H24F2N4O3S2/c24-17-3-6-19(7-4-17)34(31,32)29-9-1-2-16(15-29)22(30)27-10-12-28(13-11-27)23-26-20-8-5-18(25)14-21(20)33-23/h3-8,14,16H,1-2,9-13,15H2. The van der Waals surface area contributed by atoms with E-state index < -0.39 is 21.8 Å². The van der Waals surface area contributed by atoms with Crippen LogP contribution in [0.1, 0.15) is 12.8 Å². The van der Waals surface area contributed by atoms with E-state index >= 15 is 0 Å². The van der Waals surface area contributed by atoms with Crippen molar-refractivity contribution in [2.24, 2.45) is 5.92 Å². The van der Waals surface area contributed by atoms with Crippen LogP contribution in [0.2, 0.25) is 0 Å². The molecular weight excluding hydrogens is 482 g/mol. The number of carbonyl (C=O) groups is 1. The average Bonchev–Trinajstić information content (AvgIpc) is 3.27. The van der Waals surface area contributed by atoms with Gasteiger partial charge in [0.2, 0.25) is 15.9 Å². The number of thiazole rings is 1. The van der Waals surface area contributed by atoms with Crippen LogP contribution in [0.5, 0.6) is 0 Å². The van der Waals surface area contributed by atoms with Gasteiger partial charge >= 0.3 is 0 Å². The third-order valence-electron chi connectivity index (χ3n) is 6.39. The summed E-state index contributed by atoms with van der Waals surface area (Å²) in [5.41, 5.74) is 0.754. The second-order valence-electron chi connectivity index (χ2n) is 8.58. The van der Waals surface area contributed by atoms with Crippen molar-refractivity contribution < 1.29 is 22.0 Å². The lowest BCUT2D eigenvalue weighted by Crippen LogP contribution is -2.53. The first-order valence-electron chi connectivity index (χ1n) is 11.2. The molecule has 3 aromatic rings. The van der Waals surface area contributed by atoms with E-state index in [9.17, 15) is 22.0 Å². The average molecular weight is 507 g/mol. The monoisotopic (exact) mass is 506 g/mol. The molecule has 180 valence electrons. The van der Waals surface area contributed by atoms with Gasteiger partial charge in [-0.05, 0) is 55.3 Å². The smallest absolute Gasteiger partial charge is 0.243 e. The van der Waals surface area contributed by atoms with Crippen molar-refractivity contribution in [3.05, 3.63) is 54.1 Å². The third-order valence-corrected chi connectivity index (χ3v) is 9.34. The lowest BCUT2D eigenvalue weighted by molar-refractivity contribution is -0.137. The first-order chi connectivity index (χ1) is 16.3. The Hall–Kier alpha value is -2.63. The largest absolute Gasteiger partial charge is 0.345 e. The SMILES string of the molecule is O=C(C1CCCN(S(=O)(=O)c2ccc(F)cc2)C1)N1CCN(c2nc3ccc(F)cc3s2)CC1. The fraction of sp³-hybridized carbons (Fsp3) is 0.391. The van der Waals surface area contributed by atoms with Crippen LogP contribution < -0.4 is 4.90 Å². The molecule has 11 heteroatoms. The van der Waals surface area contributed by atoms with Gasteiger partial charge in [0.05, 0.1) is 21.0 Å². The van der Waals surface area contributed by atoms with Crippen molar-refractivity contribution in [1.29, 1.82) is 0 Å². The van der Waals surface area contributed by atoms with Crippen LogP contribution in [0.25, 0.3) is 10.2 Å². The first kappa shape index (κ1) is 23.1. The lowest BCUT2D eigenvalue weighted by Gasteiger charge is -2.38. The van der Waals surface area contributed by atoms with Gasteiger partial charge < -0.3 is 9.80 Å². The number of halogens is 2. The third kappa shape index (κ3) is 4.51. The zero-order chi connectivity index (χ0) is 23.9. The molecule has 5 rings (SSSR count). The second-order valence-corrected chi connectivity index (χ2v) is 11.5. The zero-order valence-corrected chi connectivity index (χ0v) is 20.0. The van der Waals surface area contributed by atoms with Crippen molar-refractivity contribution in [3.63, 3.8) is 0 Å². The molecule has 0 spiro atoms. The molecule has 1 unspecified atom stereocenters. The number of nitrogens with zero attached hydrogens (tertiary/aromatic N) is 4. The van der Waals surface area contributed by atoms with Gasteiger partial charge in [0.1, 0.15) is 11.6 Å². The van der Waals surface area contributed by atoms with E-state index in [4.69, 9.17) is 0 Å². The van der Waals surface area contributed by atoms with Crippen molar-refractivity contribution in [3.8, 4) is 0 Å². The maximum absolute atomic E-state index is 13.5. The molecule has 1 aromatic heterocycles. The Morgan fingerprint density at radius 3 is 2.41 bits per heavy atom. The molecule has 0 N–H and O–H groups in total. The van der Waals surface area contributed by atoms with Gasteiger partial charge in [-0.3, -0.25) is 4.79 Å². The maximum atomic E-state index is 13.5. The Balaban J connectivity index is 1.22. The van der Waals surface area contributed by atoms with Crippen LogP contribution >= 0.6 is 11.3 Å². The summed E-state index contributed by atoms with van der Waals surface area (Å²) in [5.74, 6) is -1.23. The molecule has 3 heterocycles. The van der Waals surface area contributed by atoms with Gasteiger partial charge in [-0.1, -0.05) is 11.3 Å². The van der Waals surface area contributed by atoms with Gasteiger partial charge in [0.15, 0.2) is 5.13 Å². The Bertz CT molecular complexity index is 1310. The van der Waals surface area contributed by atoms with E-state index in [2.05, 4.69) is 9.88 Å². The molecule has 1 atom stereocenters. The van der Waals surface area contributed by atoms with E-state index in [-0.39, 0.29) is 23.2 Å². The molecule has 34 heavy (non-hydrogen) atoms. The van der Waals surface area contributed by atoms with E-state index in [1.165, 1.54) is 39.9 Å². The van der Waals surface area contributed by atoms with Crippen LogP contribution in [0, 0.1) is 17.6 Å². The number of carbonyl (C=O) groups excluding carboxylic acids is 1. The number of piperazine rings is 1. The number of piperidine rings is 1. The molecule has 0 radical (unpaired) electrons. The summed E-state index contributed by atoms with van der Waals surface area (Å²) >= 11 is 1.43. The summed E-state index contributed by atoms with van der Waals surface area (Å²) in [7, 11) is -3.78. The predicted molar refractivity (Wildman–Crippen MR) is 126 cm³/mol. The van der Waals surface area contributed by atoms with Crippen LogP contribution in [0.3, 0.4) is 0 Å². The maximum Gasteiger partial charge on any atom is 0.243 e. The fourth-order valence-electron chi connectivity index (χ4n) is 4.52. The highest BCUT2D eigenvalue weighted by atomic mass is 32.2. The Morgan fingerprint density at radius 2 is 1.68 bits per heavy atom. The summed E-state index contributed by atoms with van der Waals surface area (Å²) < 4.78 is 54.8. The van der Waals surface area contributed by atoms with Crippen LogP contribution in [0.4, 0.5) is 13.9 Å². The van der Waals surface area contributed by atoms with Crippen molar-refractivity contribution in [2.75, 3.05) is 44.2 Å². The van der Waals surface area contributed by atoms with E-state index in [0.717, 1.165) is 27.5 Å². The summed E-state index contributed by atoms with van der Waals surface area (Å²) in [6, 6.07) is 9.30. The lowest BCUT2D eigenvalue weighted by atomic mass is 9.98. The highest BCUT2D eigenvalue weighted by Crippen LogP contribution is 2.31. The molecular formula is C23H24F2N4O3S2. The molecule has 2 aromatic carbocycles. The molecule has 0 saturated carbocycles. The van der Waals surface area contributed by atoms with E-state index in [1.54, 1.807) is 11.0 Å². The highest BCUT2D eigenvalue weighted by molar-refractivity contribution is 7.89. The Morgan fingerprint density at radius 1 is 0.971 bits per heavy atom. The summed E-state index contributed by atoms with van der Waals surface area (Å²) in [4.78, 5) is 21.7. The number of hydrogen-bond donors (Lipinski definition) is 0. The predicted octanol–water partition coefficient (Wildman–Crippen LogP) is 3.32. The molecule has 7 nitrogen and oxygen atoms in total. The second kappa shape index (κ2) is 9.20. The van der Waals surface area contributed by atoms with Gasteiger partial charge in [-0.2, -0.15) is 4.31 Å². The summed E-state index contributed by atoms with van der Waals surface area (Å²) in [6.07, 6.45) is 1.23. The molecule has 2 aliphatic heterocycles. The number of fused-ring (bicyclic) bond motifs is 1. The van der Waals surface area contributed by atoms with E-state index in [0.29, 0.717) is 45.6 Å². The molecule has 0 bridgehead atoms. The number of sulfonamides is 1. The minimum Gasteiger partial charge on any atom is -0.345 e. The Kier molecular flexibility index (Phi) is 6.26. The highest BCUT2D eigenvalue weighted by Gasteiger charge is 2.36. The first-order valence-corrected chi connectivity index (χ1v) is 13.4. The van der Waals surface area contributed by atoms with Crippen molar-refractivity contribution in [2.45, 2.75) is 17.7 Å².